The molecule has 5 nitrogen and oxygen atoms in total. The third-order valence-corrected chi connectivity index (χ3v) is 6.01. The Kier molecular flexibility index (Phi) is 6.76. The van der Waals surface area contributed by atoms with E-state index in [2.05, 4.69) is 5.32 Å². The number of benzene rings is 2. The molecule has 1 aliphatic heterocycles. The summed E-state index contributed by atoms with van der Waals surface area (Å²) in [5.41, 5.74) is 1.65. The van der Waals surface area contributed by atoms with Crippen molar-refractivity contribution >= 4 is 46.7 Å². The number of amides is 3. The van der Waals surface area contributed by atoms with Crippen molar-refractivity contribution in [1.82, 2.24) is 10.2 Å². The van der Waals surface area contributed by atoms with E-state index in [9.17, 15) is 18.8 Å². The molecule has 2 aromatic rings. The minimum absolute atomic E-state index is 0.0479. The first kappa shape index (κ1) is 21.1. The highest BCUT2D eigenvalue weighted by atomic mass is 32.2. The number of rotatable bonds is 6. The predicted octanol–water partition coefficient (Wildman–Crippen LogP) is 4.32. The summed E-state index contributed by atoms with van der Waals surface area (Å²) in [4.78, 5) is 39.3. The molecule has 150 valence electrons. The molecule has 0 saturated carbocycles. The molecular weight excluding hydrogens is 411 g/mol. The molecule has 3 amide bonds. The lowest BCUT2D eigenvalue weighted by Crippen LogP contribution is -2.37. The van der Waals surface area contributed by atoms with E-state index in [1.165, 1.54) is 18.2 Å². The smallest absolute Gasteiger partial charge is 0.293 e. The minimum Gasteiger partial charge on any atom is -0.350 e. The van der Waals surface area contributed by atoms with Crippen molar-refractivity contribution in [2.24, 2.45) is 0 Å². The van der Waals surface area contributed by atoms with Crippen LogP contribution >= 0.6 is 23.5 Å². The fraction of sp³-hybridized carbons (Fsp3) is 0.190. The standard InChI is InChI=1S/C21H19FN2O3S2/c1-13-7-8-15(28-2)12-16(13)19(25)23-9-10-24-20(26)18(29-21(24)27)11-14-5-3-4-6-17(14)22/h3-8,11-12H,9-10H2,1-2H3,(H,23,25)/b18-11-. The number of carbonyl (C=O) groups is 3. The predicted molar refractivity (Wildman–Crippen MR) is 114 cm³/mol. The fourth-order valence-corrected chi connectivity index (χ4v) is 4.07. The normalized spacial score (nSPS) is 15.3. The summed E-state index contributed by atoms with van der Waals surface area (Å²) in [5, 5.41) is 2.31. The van der Waals surface area contributed by atoms with Crippen LogP contribution in [0.3, 0.4) is 0 Å². The second-order valence-corrected chi connectivity index (χ2v) is 8.16. The zero-order valence-electron chi connectivity index (χ0n) is 15.9. The van der Waals surface area contributed by atoms with Crippen LogP contribution in [-0.4, -0.2) is 41.3 Å². The van der Waals surface area contributed by atoms with Gasteiger partial charge in [0.2, 0.25) is 0 Å². The Hall–Kier alpha value is -2.58. The van der Waals surface area contributed by atoms with Crippen molar-refractivity contribution in [3.05, 3.63) is 69.9 Å². The van der Waals surface area contributed by atoms with E-state index in [-0.39, 0.29) is 29.5 Å². The lowest BCUT2D eigenvalue weighted by Gasteiger charge is -2.14. The molecule has 0 radical (unpaired) electrons. The monoisotopic (exact) mass is 430 g/mol. The number of thioether (sulfide) groups is 2. The molecule has 0 aliphatic carbocycles. The number of carbonyl (C=O) groups excluding carboxylic acids is 3. The molecule has 0 bridgehead atoms. The summed E-state index contributed by atoms with van der Waals surface area (Å²) in [6.07, 6.45) is 3.30. The third-order valence-electron chi connectivity index (χ3n) is 4.38. The Bertz CT molecular complexity index is 1010. The highest BCUT2D eigenvalue weighted by Gasteiger charge is 2.34. The molecule has 2 aromatic carbocycles. The van der Waals surface area contributed by atoms with Gasteiger partial charge in [-0.15, -0.1) is 11.8 Å². The number of nitrogens with zero attached hydrogens (tertiary/aromatic N) is 1. The van der Waals surface area contributed by atoms with Crippen molar-refractivity contribution < 1.29 is 18.8 Å². The van der Waals surface area contributed by atoms with E-state index in [0.717, 1.165) is 27.1 Å². The summed E-state index contributed by atoms with van der Waals surface area (Å²) >= 11 is 2.31. The van der Waals surface area contributed by atoms with Crippen LogP contribution in [0.25, 0.3) is 6.08 Å². The molecule has 0 unspecified atom stereocenters. The largest absolute Gasteiger partial charge is 0.350 e. The van der Waals surface area contributed by atoms with Crippen LogP contribution in [-0.2, 0) is 4.79 Å². The summed E-state index contributed by atoms with van der Waals surface area (Å²) in [6, 6.07) is 11.7. The Morgan fingerprint density at radius 3 is 2.72 bits per heavy atom. The van der Waals surface area contributed by atoms with Gasteiger partial charge >= 0.3 is 0 Å². The number of nitrogens with one attached hydrogen (secondary N) is 1. The number of hydrogen-bond acceptors (Lipinski definition) is 5. The van der Waals surface area contributed by atoms with E-state index in [1.807, 2.05) is 31.4 Å². The number of hydrogen-bond donors (Lipinski definition) is 1. The van der Waals surface area contributed by atoms with Gasteiger partial charge in [-0.1, -0.05) is 24.3 Å². The van der Waals surface area contributed by atoms with Crippen molar-refractivity contribution in [2.45, 2.75) is 11.8 Å². The van der Waals surface area contributed by atoms with Gasteiger partial charge in [-0.3, -0.25) is 19.3 Å². The van der Waals surface area contributed by atoms with Gasteiger partial charge < -0.3 is 5.32 Å². The molecule has 1 saturated heterocycles. The first-order chi connectivity index (χ1) is 13.9. The maximum atomic E-state index is 13.8. The zero-order chi connectivity index (χ0) is 21.0. The molecule has 1 aliphatic rings. The second-order valence-electron chi connectivity index (χ2n) is 6.29. The summed E-state index contributed by atoms with van der Waals surface area (Å²) in [5.74, 6) is -1.21. The van der Waals surface area contributed by atoms with Gasteiger partial charge in [0.15, 0.2) is 0 Å². The zero-order valence-corrected chi connectivity index (χ0v) is 17.5. The van der Waals surface area contributed by atoms with Gasteiger partial charge in [0.1, 0.15) is 5.82 Å². The fourth-order valence-electron chi connectivity index (χ4n) is 2.78. The van der Waals surface area contributed by atoms with Gasteiger partial charge in [-0.25, -0.2) is 4.39 Å². The molecule has 8 heteroatoms. The maximum absolute atomic E-state index is 13.8. The topological polar surface area (TPSA) is 66.5 Å². The van der Waals surface area contributed by atoms with Crippen molar-refractivity contribution in [2.75, 3.05) is 19.3 Å². The first-order valence-electron chi connectivity index (χ1n) is 8.83. The molecule has 1 heterocycles. The molecule has 0 spiro atoms. The highest BCUT2D eigenvalue weighted by molar-refractivity contribution is 8.18. The minimum atomic E-state index is -0.488. The van der Waals surface area contributed by atoms with Crippen LogP contribution in [0, 0.1) is 12.7 Å². The SMILES string of the molecule is CSc1ccc(C)c(C(=O)NCCN2C(=O)S/C(=C\c3ccccc3F)C2=O)c1. The van der Waals surface area contributed by atoms with Crippen LogP contribution in [0.2, 0.25) is 0 Å². The van der Waals surface area contributed by atoms with Gasteiger partial charge in [-0.05, 0) is 54.8 Å². The highest BCUT2D eigenvalue weighted by Crippen LogP contribution is 2.32. The Morgan fingerprint density at radius 1 is 1.24 bits per heavy atom. The van der Waals surface area contributed by atoms with Crippen molar-refractivity contribution in [3.8, 4) is 0 Å². The molecular formula is C21H19FN2O3S2. The van der Waals surface area contributed by atoms with E-state index in [1.54, 1.807) is 23.9 Å². The van der Waals surface area contributed by atoms with Crippen molar-refractivity contribution in [3.63, 3.8) is 0 Å². The molecule has 0 atom stereocenters. The molecule has 0 aromatic heterocycles. The van der Waals surface area contributed by atoms with E-state index in [0.29, 0.717) is 5.56 Å². The summed E-state index contributed by atoms with van der Waals surface area (Å²) in [7, 11) is 0. The average molecular weight is 431 g/mol. The molecule has 3 rings (SSSR count). The summed E-state index contributed by atoms with van der Waals surface area (Å²) < 4.78 is 13.8. The Labute approximate surface area is 176 Å². The molecule has 1 fully saturated rings. The van der Waals surface area contributed by atoms with Gasteiger partial charge in [0.25, 0.3) is 17.1 Å². The number of aryl methyl sites for hydroxylation is 1. The van der Waals surface area contributed by atoms with Crippen LogP contribution in [0.15, 0.2) is 52.3 Å². The average Bonchev–Trinajstić information content (AvgIpc) is 2.97. The van der Waals surface area contributed by atoms with Gasteiger partial charge in [0, 0.05) is 29.1 Å². The van der Waals surface area contributed by atoms with Crippen molar-refractivity contribution in [1.29, 1.82) is 0 Å². The van der Waals surface area contributed by atoms with Crippen LogP contribution < -0.4 is 5.32 Å². The van der Waals surface area contributed by atoms with E-state index >= 15 is 0 Å². The van der Waals surface area contributed by atoms with Crippen LogP contribution in [0.4, 0.5) is 9.18 Å². The van der Waals surface area contributed by atoms with E-state index in [4.69, 9.17) is 0 Å². The third kappa shape index (κ3) is 4.89. The quantitative estimate of drug-likeness (QED) is 0.546. The van der Waals surface area contributed by atoms with Gasteiger partial charge in [0.05, 0.1) is 4.91 Å². The lowest BCUT2D eigenvalue weighted by molar-refractivity contribution is -0.122. The maximum Gasteiger partial charge on any atom is 0.293 e. The molecule has 1 N–H and O–H groups in total. The lowest BCUT2D eigenvalue weighted by atomic mass is 10.1. The summed E-state index contributed by atoms with van der Waals surface area (Å²) in [6.45, 7) is 2.03. The Morgan fingerprint density at radius 2 is 2.00 bits per heavy atom. The first-order valence-corrected chi connectivity index (χ1v) is 10.9. The second kappa shape index (κ2) is 9.28. The molecule has 29 heavy (non-hydrogen) atoms. The van der Waals surface area contributed by atoms with Crippen LogP contribution in [0.5, 0.6) is 0 Å². The number of imide groups is 1. The Balaban J connectivity index is 1.63. The van der Waals surface area contributed by atoms with Crippen LogP contribution in [0.1, 0.15) is 21.5 Å². The number of halogens is 1. The van der Waals surface area contributed by atoms with E-state index < -0.39 is 17.0 Å². The van der Waals surface area contributed by atoms with Gasteiger partial charge in [-0.2, -0.15) is 0 Å².